The molecule has 2 saturated heterocycles. The zero-order valence-corrected chi connectivity index (χ0v) is 6.02. The second-order valence-electron chi connectivity index (χ2n) is 3.32. The van der Waals surface area contributed by atoms with Crippen molar-refractivity contribution in [3.8, 4) is 0 Å². The average molecular weight is 144 g/mol. The Balaban J connectivity index is 2.05. The van der Waals surface area contributed by atoms with Crippen LogP contribution < -0.4 is 5.32 Å². The van der Waals surface area contributed by atoms with Crippen molar-refractivity contribution in [2.24, 2.45) is 0 Å². The minimum Gasteiger partial charge on any atom is -0.308 e. The van der Waals surface area contributed by atoms with Crippen LogP contribution in [0.1, 0.15) is 33.5 Å². The van der Waals surface area contributed by atoms with Crippen LogP contribution in [0.4, 0.5) is 4.39 Å². The molecule has 0 aliphatic carbocycles. The normalized spacial score (nSPS) is 55.9. The van der Waals surface area contributed by atoms with Crippen molar-refractivity contribution >= 4 is 0 Å². The number of piperidine rings is 2. The maximum Gasteiger partial charge on any atom is 0.115 e. The molecule has 2 fully saturated rings. The van der Waals surface area contributed by atoms with Crippen LogP contribution in [0.3, 0.4) is 0 Å². The zero-order valence-electron chi connectivity index (χ0n) is 7.02. The summed E-state index contributed by atoms with van der Waals surface area (Å²) in [6.07, 6.45) is 2.51. The van der Waals surface area contributed by atoms with Crippen LogP contribution >= 0.6 is 0 Å². The number of nitrogens with one attached hydrogen (secondary N) is 1. The van der Waals surface area contributed by atoms with Crippen molar-refractivity contribution in [1.29, 1.82) is 0 Å². The molecule has 0 spiro atoms. The third kappa shape index (κ3) is 1.05. The maximum absolute atomic E-state index is 13.2. The number of hydrogen-bond donors (Lipinski definition) is 1. The molecule has 10 heavy (non-hydrogen) atoms. The second kappa shape index (κ2) is 2.50. The molecule has 2 heteroatoms. The monoisotopic (exact) mass is 144 g/mol. The van der Waals surface area contributed by atoms with Crippen LogP contribution in [0.5, 0.6) is 0 Å². The van der Waals surface area contributed by atoms with Gasteiger partial charge in [0.05, 0.1) is 0 Å². The predicted molar refractivity (Wildman–Crippen MR) is 38.7 cm³/mol. The summed E-state index contributed by atoms with van der Waals surface area (Å²) in [5.74, 6) is 0. The van der Waals surface area contributed by atoms with E-state index in [0.717, 1.165) is 19.3 Å². The molecule has 2 aliphatic heterocycles. The molecule has 0 amide bonds. The van der Waals surface area contributed by atoms with Gasteiger partial charge < -0.3 is 5.32 Å². The first kappa shape index (κ1) is 5.53. The Morgan fingerprint density at radius 2 is 2.30 bits per heavy atom. The summed E-state index contributed by atoms with van der Waals surface area (Å²) in [4.78, 5) is 0. The second-order valence-corrected chi connectivity index (χ2v) is 3.32. The van der Waals surface area contributed by atoms with Gasteiger partial charge in [-0.15, -0.1) is 0 Å². The van der Waals surface area contributed by atoms with E-state index >= 15 is 0 Å². The molecule has 1 nitrogen and oxygen atoms in total. The Kier molecular flexibility index (Phi) is 1.38. The standard InChI is InChI=1S/C8H14FN/c9-7-5-4-6-2-1-3-8(7)10-6/h6-8,10H,1-5H2/t6-,7+,8+/m0/s1/i5D/t5-,6-,7+,8+. The number of halogens is 1. The molecule has 2 bridgehead atoms. The van der Waals surface area contributed by atoms with Crippen molar-refractivity contribution in [3.63, 3.8) is 0 Å². The molecule has 0 radical (unpaired) electrons. The molecular formula is C8H14FN. The first-order valence-corrected chi connectivity index (χ1v) is 4.10. The lowest BCUT2D eigenvalue weighted by atomic mass is 9.86. The topological polar surface area (TPSA) is 12.0 Å². The van der Waals surface area contributed by atoms with Crippen LogP contribution in [0.25, 0.3) is 0 Å². The van der Waals surface area contributed by atoms with Crippen LogP contribution in [0.15, 0.2) is 0 Å². The van der Waals surface area contributed by atoms with E-state index in [0.29, 0.717) is 12.5 Å². The number of rotatable bonds is 0. The highest BCUT2D eigenvalue weighted by Gasteiger charge is 2.32. The number of fused-ring (bicyclic) bond motifs is 2. The largest absolute Gasteiger partial charge is 0.308 e. The van der Waals surface area contributed by atoms with Crippen molar-refractivity contribution in [2.45, 2.75) is 50.3 Å². The van der Waals surface area contributed by atoms with Gasteiger partial charge in [-0.2, -0.15) is 0 Å². The Morgan fingerprint density at radius 1 is 1.40 bits per heavy atom. The predicted octanol–water partition coefficient (Wildman–Crippen LogP) is 1.63. The molecule has 0 aromatic rings. The highest BCUT2D eigenvalue weighted by atomic mass is 19.1. The van der Waals surface area contributed by atoms with E-state index in [1.807, 2.05) is 0 Å². The summed E-state index contributed by atoms with van der Waals surface area (Å²) < 4.78 is 20.7. The Bertz CT molecular complexity index is 151. The lowest BCUT2D eigenvalue weighted by Crippen LogP contribution is -2.51. The molecule has 1 N–H and O–H groups in total. The molecule has 58 valence electrons. The summed E-state index contributed by atoms with van der Waals surface area (Å²) in [7, 11) is 0. The van der Waals surface area contributed by atoms with Crippen LogP contribution in [-0.4, -0.2) is 18.3 Å². The lowest BCUT2D eigenvalue weighted by Gasteiger charge is -2.38. The van der Waals surface area contributed by atoms with Gasteiger partial charge in [0.25, 0.3) is 0 Å². The summed E-state index contributed by atoms with van der Waals surface area (Å²) in [6.45, 7) is 0. The van der Waals surface area contributed by atoms with E-state index in [1.165, 1.54) is 0 Å². The van der Waals surface area contributed by atoms with Crippen LogP contribution in [0.2, 0.25) is 0 Å². The fourth-order valence-electron chi connectivity index (χ4n) is 1.95. The third-order valence-electron chi connectivity index (χ3n) is 2.55. The summed E-state index contributed by atoms with van der Waals surface area (Å²) in [5.41, 5.74) is 0. The molecule has 2 heterocycles. The van der Waals surface area contributed by atoms with Crippen LogP contribution in [-0.2, 0) is 0 Å². The van der Waals surface area contributed by atoms with E-state index < -0.39 is 12.6 Å². The Labute approximate surface area is 62.4 Å². The van der Waals surface area contributed by atoms with Gasteiger partial charge in [0.2, 0.25) is 0 Å². The molecule has 2 aliphatic rings. The van der Waals surface area contributed by atoms with Gasteiger partial charge in [-0.25, -0.2) is 4.39 Å². The van der Waals surface area contributed by atoms with Gasteiger partial charge in [-0.1, -0.05) is 6.42 Å². The Hall–Kier alpha value is -0.110. The minimum absolute atomic E-state index is 0.00926. The van der Waals surface area contributed by atoms with Crippen molar-refractivity contribution < 1.29 is 5.76 Å². The molecular weight excluding hydrogens is 129 g/mol. The fourth-order valence-corrected chi connectivity index (χ4v) is 1.95. The van der Waals surface area contributed by atoms with Crippen molar-refractivity contribution in [3.05, 3.63) is 0 Å². The van der Waals surface area contributed by atoms with E-state index in [-0.39, 0.29) is 6.04 Å². The highest BCUT2D eigenvalue weighted by Crippen LogP contribution is 2.27. The quantitative estimate of drug-likeness (QED) is 0.545. The summed E-state index contributed by atoms with van der Waals surface area (Å²) in [6, 6.07) is 0.424. The minimum atomic E-state index is -0.924. The number of hydrogen-bond acceptors (Lipinski definition) is 1. The van der Waals surface area contributed by atoms with Crippen LogP contribution in [0, 0.1) is 0 Å². The van der Waals surface area contributed by atoms with Gasteiger partial charge in [0.15, 0.2) is 0 Å². The van der Waals surface area contributed by atoms with Gasteiger partial charge in [0.1, 0.15) is 6.17 Å². The van der Waals surface area contributed by atoms with E-state index in [2.05, 4.69) is 5.32 Å². The molecule has 4 atom stereocenters. The molecule has 0 saturated carbocycles. The molecule has 0 unspecified atom stereocenters. The van der Waals surface area contributed by atoms with Gasteiger partial charge in [-0.3, -0.25) is 0 Å². The smallest absolute Gasteiger partial charge is 0.115 e. The first-order valence-electron chi connectivity index (χ1n) is 4.67. The molecule has 0 aromatic heterocycles. The first-order chi connectivity index (χ1) is 5.27. The van der Waals surface area contributed by atoms with Gasteiger partial charge in [0, 0.05) is 13.5 Å². The van der Waals surface area contributed by atoms with E-state index in [4.69, 9.17) is 1.37 Å². The third-order valence-corrected chi connectivity index (χ3v) is 2.55. The SMILES string of the molecule is [2H][C@H]1C[C@@H]2CCC[C@@H](N2)[C@@H]1F. The van der Waals surface area contributed by atoms with Crippen molar-refractivity contribution in [1.82, 2.24) is 5.32 Å². The Morgan fingerprint density at radius 3 is 3.20 bits per heavy atom. The van der Waals surface area contributed by atoms with Gasteiger partial charge in [-0.05, 0) is 25.7 Å². The summed E-state index contributed by atoms with van der Waals surface area (Å²) in [5, 5.41) is 3.24. The average Bonchev–Trinajstić information content (AvgIpc) is 2.01. The van der Waals surface area contributed by atoms with Crippen molar-refractivity contribution in [2.75, 3.05) is 0 Å². The number of alkyl halides is 1. The fraction of sp³-hybridized carbons (Fsp3) is 1.00. The summed E-state index contributed by atoms with van der Waals surface area (Å²) >= 11 is 0. The molecule has 0 aromatic carbocycles. The van der Waals surface area contributed by atoms with E-state index in [9.17, 15) is 4.39 Å². The van der Waals surface area contributed by atoms with Gasteiger partial charge >= 0.3 is 0 Å². The lowest BCUT2D eigenvalue weighted by molar-refractivity contribution is 0.130. The van der Waals surface area contributed by atoms with E-state index in [1.54, 1.807) is 0 Å². The zero-order chi connectivity index (χ0) is 7.84. The molecule has 2 rings (SSSR count). The maximum atomic E-state index is 13.2. The highest BCUT2D eigenvalue weighted by molar-refractivity contribution is 4.90.